The molecule has 0 saturated carbocycles. The third-order valence-corrected chi connectivity index (χ3v) is 3.70. The maximum absolute atomic E-state index is 5.65. The zero-order chi connectivity index (χ0) is 18.6. The van der Waals surface area contributed by atoms with Crippen LogP contribution >= 0.6 is 0 Å². The van der Waals surface area contributed by atoms with E-state index in [1.54, 1.807) is 26.7 Å². The van der Waals surface area contributed by atoms with E-state index in [0.717, 1.165) is 30.9 Å². The number of nitrogens with zero attached hydrogens (tertiary/aromatic N) is 5. The Bertz CT molecular complexity index is 687. The Hall–Kier alpha value is -2.68. The molecule has 26 heavy (non-hydrogen) atoms. The Morgan fingerprint density at radius 3 is 2.96 bits per heavy atom. The predicted molar refractivity (Wildman–Crippen MR) is 99.2 cm³/mol. The number of aryl methyl sites for hydroxylation is 1. The molecule has 142 valence electrons. The summed E-state index contributed by atoms with van der Waals surface area (Å²) in [5.41, 5.74) is 0.957. The highest BCUT2D eigenvalue weighted by Crippen LogP contribution is 2.13. The van der Waals surface area contributed by atoms with Crippen molar-refractivity contribution < 1.29 is 9.47 Å². The number of aliphatic imine (C=N–C) groups is 1. The first-order valence-corrected chi connectivity index (χ1v) is 8.65. The Morgan fingerprint density at radius 1 is 1.31 bits per heavy atom. The molecule has 0 fully saturated rings. The summed E-state index contributed by atoms with van der Waals surface area (Å²) in [5.74, 6) is 2.29. The number of rotatable bonds is 10. The first kappa shape index (κ1) is 19.6. The molecule has 0 atom stereocenters. The van der Waals surface area contributed by atoms with E-state index in [2.05, 4.69) is 37.7 Å². The van der Waals surface area contributed by atoms with E-state index in [9.17, 15) is 0 Å². The summed E-state index contributed by atoms with van der Waals surface area (Å²) in [5, 5.41) is 14.6. The van der Waals surface area contributed by atoms with Crippen LogP contribution in [-0.4, -0.2) is 59.6 Å². The van der Waals surface area contributed by atoms with E-state index < -0.39 is 0 Å². The molecule has 0 amide bonds. The van der Waals surface area contributed by atoms with Gasteiger partial charge in [0, 0.05) is 52.0 Å². The Morgan fingerprint density at radius 2 is 2.19 bits per heavy atom. The van der Waals surface area contributed by atoms with Crippen LogP contribution in [0.3, 0.4) is 0 Å². The molecule has 0 radical (unpaired) electrons. The van der Waals surface area contributed by atoms with Gasteiger partial charge in [0.05, 0.1) is 6.61 Å². The summed E-state index contributed by atoms with van der Waals surface area (Å²) in [4.78, 5) is 8.52. The average molecular weight is 361 g/mol. The second-order valence-corrected chi connectivity index (χ2v) is 5.46. The molecule has 2 rings (SSSR count). The molecule has 2 heterocycles. The van der Waals surface area contributed by atoms with E-state index in [1.807, 2.05) is 16.7 Å². The molecule has 9 nitrogen and oxygen atoms in total. The third-order valence-electron chi connectivity index (χ3n) is 3.70. The maximum Gasteiger partial charge on any atom is 0.218 e. The van der Waals surface area contributed by atoms with Crippen molar-refractivity contribution in [2.45, 2.75) is 26.4 Å². The normalized spacial score (nSPS) is 11.4. The van der Waals surface area contributed by atoms with E-state index >= 15 is 0 Å². The minimum absolute atomic E-state index is 0.464. The Labute approximate surface area is 153 Å². The molecular weight excluding hydrogens is 334 g/mol. The van der Waals surface area contributed by atoms with E-state index in [-0.39, 0.29) is 0 Å². The van der Waals surface area contributed by atoms with Crippen LogP contribution in [0.4, 0.5) is 0 Å². The molecule has 2 aromatic rings. The van der Waals surface area contributed by atoms with Crippen LogP contribution in [0.2, 0.25) is 0 Å². The van der Waals surface area contributed by atoms with Crippen molar-refractivity contribution in [1.29, 1.82) is 0 Å². The molecule has 0 spiro atoms. The molecular formula is C17H27N7O2. The van der Waals surface area contributed by atoms with E-state index in [4.69, 9.17) is 9.47 Å². The maximum atomic E-state index is 5.65. The molecule has 9 heteroatoms. The van der Waals surface area contributed by atoms with Gasteiger partial charge in [-0.05, 0) is 6.07 Å². The summed E-state index contributed by atoms with van der Waals surface area (Å²) >= 11 is 0. The van der Waals surface area contributed by atoms with E-state index in [0.29, 0.717) is 31.6 Å². The lowest BCUT2D eigenvalue weighted by molar-refractivity contribution is 0.143. The zero-order valence-electron chi connectivity index (χ0n) is 15.6. The molecule has 0 aliphatic rings. The monoisotopic (exact) mass is 361 g/mol. The number of pyridine rings is 1. The van der Waals surface area contributed by atoms with Crippen LogP contribution < -0.4 is 15.4 Å². The summed E-state index contributed by atoms with van der Waals surface area (Å²) < 4.78 is 12.7. The number of hydrogen-bond acceptors (Lipinski definition) is 6. The standard InChI is InChI=1S/C17H27N7O2/c1-4-15-23-22-13-24(15)9-8-20-17(18-2)21-12-14-6-5-7-19-16(14)26-11-10-25-3/h5-7,13H,4,8-12H2,1-3H3,(H2,18,20,21). The first-order valence-electron chi connectivity index (χ1n) is 8.65. The number of nitrogens with one attached hydrogen (secondary N) is 2. The van der Waals surface area contributed by atoms with Gasteiger partial charge in [0.2, 0.25) is 5.88 Å². The van der Waals surface area contributed by atoms with Crippen LogP contribution in [0.5, 0.6) is 5.88 Å². The second-order valence-electron chi connectivity index (χ2n) is 5.46. The lowest BCUT2D eigenvalue weighted by atomic mass is 10.2. The lowest BCUT2D eigenvalue weighted by Gasteiger charge is -2.14. The number of ether oxygens (including phenoxy) is 2. The highest BCUT2D eigenvalue weighted by molar-refractivity contribution is 5.79. The molecule has 0 aliphatic carbocycles. The fourth-order valence-electron chi connectivity index (χ4n) is 2.34. The average Bonchev–Trinajstić information content (AvgIpc) is 3.13. The first-order chi connectivity index (χ1) is 12.8. The lowest BCUT2D eigenvalue weighted by Crippen LogP contribution is -2.38. The predicted octanol–water partition coefficient (Wildman–Crippen LogP) is 0.626. The zero-order valence-corrected chi connectivity index (χ0v) is 15.6. The van der Waals surface area contributed by atoms with Crippen LogP contribution in [-0.2, 0) is 24.2 Å². The van der Waals surface area contributed by atoms with Crippen molar-refractivity contribution in [2.75, 3.05) is 33.9 Å². The summed E-state index contributed by atoms with van der Waals surface area (Å²) in [6.45, 7) is 5.10. The molecule has 0 saturated heterocycles. The quantitative estimate of drug-likeness (QED) is 0.364. The third kappa shape index (κ3) is 5.99. The van der Waals surface area contributed by atoms with Crippen molar-refractivity contribution in [1.82, 2.24) is 30.4 Å². The van der Waals surface area contributed by atoms with Crippen molar-refractivity contribution >= 4 is 5.96 Å². The van der Waals surface area contributed by atoms with Crippen molar-refractivity contribution in [3.8, 4) is 5.88 Å². The minimum atomic E-state index is 0.464. The van der Waals surface area contributed by atoms with Gasteiger partial charge in [-0.1, -0.05) is 13.0 Å². The molecule has 2 N–H and O–H groups in total. The second kappa shape index (κ2) is 11.0. The minimum Gasteiger partial charge on any atom is -0.475 e. The highest BCUT2D eigenvalue weighted by atomic mass is 16.5. The summed E-state index contributed by atoms with van der Waals surface area (Å²) in [6, 6.07) is 3.86. The van der Waals surface area contributed by atoms with Gasteiger partial charge in [0.25, 0.3) is 0 Å². The molecule has 0 aliphatic heterocycles. The molecule has 0 unspecified atom stereocenters. The van der Waals surface area contributed by atoms with E-state index in [1.165, 1.54) is 0 Å². The van der Waals surface area contributed by atoms with Gasteiger partial charge in [0.15, 0.2) is 5.96 Å². The van der Waals surface area contributed by atoms with Gasteiger partial charge in [-0.15, -0.1) is 10.2 Å². The SMILES string of the molecule is CCc1nncn1CCNC(=NC)NCc1cccnc1OCCOC. The number of guanidine groups is 1. The van der Waals surface area contributed by atoms with Gasteiger partial charge in [0.1, 0.15) is 18.8 Å². The molecule has 0 bridgehead atoms. The van der Waals surface area contributed by atoms with Crippen LogP contribution in [0, 0.1) is 0 Å². The molecule has 0 aromatic carbocycles. The van der Waals surface area contributed by atoms with Gasteiger partial charge in [-0.3, -0.25) is 4.99 Å². The highest BCUT2D eigenvalue weighted by Gasteiger charge is 2.06. The Kier molecular flexibility index (Phi) is 8.34. The Balaban J connectivity index is 1.81. The summed E-state index contributed by atoms with van der Waals surface area (Å²) in [7, 11) is 3.38. The number of aromatic nitrogens is 4. The van der Waals surface area contributed by atoms with Crippen LogP contribution in [0.15, 0.2) is 29.6 Å². The topological polar surface area (TPSA) is 98.5 Å². The van der Waals surface area contributed by atoms with Gasteiger partial charge < -0.3 is 24.7 Å². The fraction of sp³-hybridized carbons (Fsp3) is 0.529. The number of methoxy groups -OCH3 is 1. The van der Waals surface area contributed by atoms with Crippen molar-refractivity contribution in [2.24, 2.45) is 4.99 Å². The van der Waals surface area contributed by atoms with Gasteiger partial charge in [-0.25, -0.2) is 4.98 Å². The molecule has 2 aromatic heterocycles. The summed E-state index contributed by atoms with van der Waals surface area (Å²) in [6.07, 6.45) is 4.32. The number of hydrogen-bond donors (Lipinski definition) is 2. The van der Waals surface area contributed by atoms with Gasteiger partial charge in [-0.2, -0.15) is 0 Å². The van der Waals surface area contributed by atoms with Crippen LogP contribution in [0.1, 0.15) is 18.3 Å². The van der Waals surface area contributed by atoms with Crippen LogP contribution in [0.25, 0.3) is 0 Å². The fourth-order valence-corrected chi connectivity index (χ4v) is 2.34. The van der Waals surface area contributed by atoms with Crippen molar-refractivity contribution in [3.05, 3.63) is 36.0 Å². The largest absolute Gasteiger partial charge is 0.475 e. The smallest absolute Gasteiger partial charge is 0.218 e. The van der Waals surface area contributed by atoms with Crippen molar-refractivity contribution in [3.63, 3.8) is 0 Å². The van der Waals surface area contributed by atoms with Gasteiger partial charge >= 0.3 is 0 Å².